The van der Waals surface area contributed by atoms with E-state index >= 15 is 0 Å². The second-order valence-corrected chi connectivity index (χ2v) is 3.69. The van der Waals surface area contributed by atoms with Crippen LogP contribution in [0.3, 0.4) is 0 Å². The quantitative estimate of drug-likeness (QED) is 0.486. The Kier molecular flexibility index (Phi) is 27.5. The molecule has 0 radical (unpaired) electrons. The van der Waals surface area contributed by atoms with E-state index in [-0.39, 0.29) is 24.8 Å². The van der Waals surface area contributed by atoms with Gasteiger partial charge in [0.15, 0.2) is 0 Å². The Morgan fingerprint density at radius 3 is 1.54 bits per heavy atom. The van der Waals surface area contributed by atoms with Crippen molar-refractivity contribution in [1.82, 2.24) is 0 Å². The van der Waals surface area contributed by atoms with Crippen LogP contribution < -0.4 is 0 Å². The summed E-state index contributed by atoms with van der Waals surface area (Å²) in [6.45, 7) is 6.13. The van der Waals surface area contributed by atoms with Gasteiger partial charge in [0.1, 0.15) is 0 Å². The molecule has 13 heavy (non-hydrogen) atoms. The summed E-state index contributed by atoms with van der Waals surface area (Å²) in [5, 5.41) is 0. The van der Waals surface area contributed by atoms with E-state index in [1.807, 2.05) is 0 Å². The van der Waals surface area contributed by atoms with Crippen LogP contribution >= 0.6 is 24.8 Å². The summed E-state index contributed by atoms with van der Waals surface area (Å²) >= 11 is 0. The minimum Gasteiger partial charge on any atom is -0.399 e. The molecule has 0 aliphatic rings. The maximum Gasteiger partial charge on any atom is 0.304 e. The van der Waals surface area contributed by atoms with Gasteiger partial charge in [-0.1, -0.05) is 26.7 Å². The standard InChI is InChI=1S/C8H20O2Si.2ClH/c1-3-5-7-9-11-10-8-6-4-2;;/h3-8,11H2,1-2H3;2*1H. The Morgan fingerprint density at radius 1 is 0.846 bits per heavy atom. The van der Waals surface area contributed by atoms with Crippen LogP contribution in [-0.2, 0) is 8.85 Å². The molecule has 84 valence electrons. The van der Waals surface area contributed by atoms with Crippen LogP contribution in [0.25, 0.3) is 0 Å². The Morgan fingerprint density at radius 2 is 1.23 bits per heavy atom. The number of hydrogen-bond donors (Lipinski definition) is 0. The molecule has 0 N–H and O–H groups in total. The van der Waals surface area contributed by atoms with Crippen molar-refractivity contribution in [1.29, 1.82) is 0 Å². The lowest BCUT2D eigenvalue weighted by molar-refractivity contribution is 0.216. The van der Waals surface area contributed by atoms with Gasteiger partial charge in [0.25, 0.3) is 0 Å². The highest BCUT2D eigenvalue weighted by molar-refractivity contribution is 6.17. The molecule has 0 bridgehead atoms. The van der Waals surface area contributed by atoms with Crippen LogP contribution in [0.4, 0.5) is 0 Å². The largest absolute Gasteiger partial charge is 0.399 e. The summed E-state index contributed by atoms with van der Waals surface area (Å²) in [6.07, 6.45) is 4.76. The summed E-state index contributed by atoms with van der Waals surface area (Å²) in [7, 11) is -0.629. The van der Waals surface area contributed by atoms with Crippen molar-refractivity contribution in [3.8, 4) is 0 Å². The molecule has 0 fully saturated rings. The zero-order valence-corrected chi connectivity index (χ0v) is 11.6. The van der Waals surface area contributed by atoms with Crippen LogP contribution in [-0.4, -0.2) is 23.2 Å². The zero-order valence-electron chi connectivity index (χ0n) is 8.58. The molecule has 5 heteroatoms. The number of unbranched alkanes of at least 4 members (excludes halogenated alkanes) is 2. The van der Waals surface area contributed by atoms with E-state index in [4.69, 9.17) is 8.85 Å². The van der Waals surface area contributed by atoms with Gasteiger partial charge in [-0.3, -0.25) is 0 Å². The molecule has 0 aliphatic carbocycles. The smallest absolute Gasteiger partial charge is 0.304 e. The normalized spacial score (nSPS) is 8.77. The van der Waals surface area contributed by atoms with Crippen molar-refractivity contribution in [2.24, 2.45) is 0 Å². The molecule has 0 atom stereocenters. The molecule has 0 amide bonds. The fourth-order valence-corrected chi connectivity index (χ4v) is 1.43. The molecule has 0 aromatic rings. The van der Waals surface area contributed by atoms with Crippen LogP contribution in [0.1, 0.15) is 39.5 Å². The SMILES string of the molecule is CCCCO[SiH2]OCCCC.Cl.Cl. The minimum absolute atomic E-state index is 0. The van der Waals surface area contributed by atoms with Crippen molar-refractivity contribution in [3.05, 3.63) is 0 Å². The first-order chi connectivity index (χ1) is 5.41. The van der Waals surface area contributed by atoms with Crippen molar-refractivity contribution in [3.63, 3.8) is 0 Å². The van der Waals surface area contributed by atoms with Crippen LogP contribution in [0.5, 0.6) is 0 Å². The number of rotatable bonds is 8. The summed E-state index contributed by atoms with van der Waals surface area (Å²) in [5.74, 6) is 0. The minimum atomic E-state index is -0.629. The number of hydrogen-bond acceptors (Lipinski definition) is 2. The van der Waals surface area contributed by atoms with Crippen molar-refractivity contribution in [2.75, 3.05) is 13.2 Å². The Hall–Kier alpha value is 0.717. The lowest BCUT2D eigenvalue weighted by Crippen LogP contribution is -2.06. The Bertz CT molecular complexity index is 69.2. The topological polar surface area (TPSA) is 18.5 Å². The maximum atomic E-state index is 5.34. The van der Waals surface area contributed by atoms with Gasteiger partial charge in [0.2, 0.25) is 0 Å². The number of halogens is 2. The summed E-state index contributed by atoms with van der Waals surface area (Å²) in [6, 6.07) is 0. The van der Waals surface area contributed by atoms with Gasteiger partial charge in [-0.05, 0) is 12.8 Å². The first-order valence-electron chi connectivity index (χ1n) is 4.57. The van der Waals surface area contributed by atoms with E-state index in [0.29, 0.717) is 0 Å². The van der Waals surface area contributed by atoms with Crippen LogP contribution in [0, 0.1) is 0 Å². The van der Waals surface area contributed by atoms with Gasteiger partial charge in [0.05, 0.1) is 0 Å². The highest BCUT2D eigenvalue weighted by Gasteiger charge is 1.88. The van der Waals surface area contributed by atoms with E-state index < -0.39 is 10.0 Å². The van der Waals surface area contributed by atoms with Crippen LogP contribution in [0.15, 0.2) is 0 Å². The first-order valence-corrected chi connectivity index (χ1v) is 5.72. The highest BCUT2D eigenvalue weighted by Crippen LogP contribution is 1.89. The molecule has 0 rings (SSSR count). The van der Waals surface area contributed by atoms with E-state index in [0.717, 1.165) is 13.2 Å². The summed E-state index contributed by atoms with van der Waals surface area (Å²) in [4.78, 5) is 0. The average Bonchev–Trinajstić information content (AvgIpc) is 2.03. The van der Waals surface area contributed by atoms with Gasteiger partial charge in [0, 0.05) is 13.2 Å². The highest BCUT2D eigenvalue weighted by atomic mass is 35.5. The molecule has 0 spiro atoms. The predicted octanol–water partition coefficient (Wildman–Crippen LogP) is 2.46. The molecule has 0 saturated carbocycles. The second-order valence-electron chi connectivity index (χ2n) is 2.64. The first kappa shape index (κ1) is 19.3. The molecule has 0 unspecified atom stereocenters. The van der Waals surface area contributed by atoms with Gasteiger partial charge in [-0.15, -0.1) is 24.8 Å². The lowest BCUT2D eigenvalue weighted by atomic mass is 10.4. The molecule has 0 heterocycles. The molecule has 0 aromatic carbocycles. The Labute approximate surface area is 96.6 Å². The van der Waals surface area contributed by atoms with Crippen molar-refractivity contribution in [2.45, 2.75) is 39.5 Å². The predicted molar refractivity (Wildman–Crippen MR) is 64.8 cm³/mol. The van der Waals surface area contributed by atoms with Crippen molar-refractivity contribution < 1.29 is 8.85 Å². The molecule has 0 saturated heterocycles. The van der Waals surface area contributed by atoms with E-state index in [1.165, 1.54) is 25.7 Å². The molecular formula is C8H22Cl2O2Si. The lowest BCUT2D eigenvalue weighted by Gasteiger charge is -2.03. The summed E-state index contributed by atoms with van der Waals surface area (Å²) < 4.78 is 10.7. The Balaban J connectivity index is -0.000000500. The van der Waals surface area contributed by atoms with E-state index in [2.05, 4.69) is 13.8 Å². The fourth-order valence-electron chi connectivity index (χ4n) is 0.670. The van der Waals surface area contributed by atoms with Gasteiger partial charge < -0.3 is 8.85 Å². The summed E-state index contributed by atoms with van der Waals surface area (Å²) in [5.41, 5.74) is 0. The van der Waals surface area contributed by atoms with Crippen LogP contribution in [0.2, 0.25) is 0 Å². The third-order valence-electron chi connectivity index (χ3n) is 1.45. The molecule has 0 aliphatic heterocycles. The van der Waals surface area contributed by atoms with Crippen molar-refractivity contribution >= 4 is 34.8 Å². The zero-order chi connectivity index (χ0) is 8.36. The molecular weight excluding hydrogens is 227 g/mol. The third kappa shape index (κ3) is 19.2. The molecule has 2 nitrogen and oxygen atoms in total. The second kappa shape index (κ2) is 18.5. The van der Waals surface area contributed by atoms with Gasteiger partial charge in [-0.25, -0.2) is 0 Å². The molecule has 0 aromatic heterocycles. The van der Waals surface area contributed by atoms with Gasteiger partial charge in [-0.2, -0.15) is 0 Å². The maximum absolute atomic E-state index is 5.34. The average molecular weight is 249 g/mol. The van der Waals surface area contributed by atoms with Gasteiger partial charge >= 0.3 is 10.0 Å². The fraction of sp³-hybridized carbons (Fsp3) is 1.00. The third-order valence-corrected chi connectivity index (χ3v) is 2.36. The monoisotopic (exact) mass is 248 g/mol. The van der Waals surface area contributed by atoms with E-state index in [9.17, 15) is 0 Å². The van der Waals surface area contributed by atoms with E-state index in [1.54, 1.807) is 0 Å².